The first-order valence-corrected chi connectivity index (χ1v) is 5.77. The normalized spacial score (nSPS) is 10.4. The Balaban J connectivity index is 2.31. The summed E-state index contributed by atoms with van der Waals surface area (Å²) >= 11 is 5.99. The summed E-state index contributed by atoms with van der Waals surface area (Å²) < 4.78 is 0. The SMILES string of the molecule is Cc1ncc(C)c(Nc2ccc(Cl)c(C)c2)n1. The largest absolute Gasteiger partial charge is 0.340 e. The van der Waals surface area contributed by atoms with Gasteiger partial charge in [0.25, 0.3) is 0 Å². The average Bonchev–Trinajstić information content (AvgIpc) is 2.29. The summed E-state index contributed by atoms with van der Waals surface area (Å²) in [5.41, 5.74) is 3.04. The molecule has 2 aromatic rings. The van der Waals surface area contributed by atoms with E-state index in [0.717, 1.165) is 33.5 Å². The number of hydrogen-bond donors (Lipinski definition) is 1. The molecule has 0 saturated heterocycles. The molecule has 0 saturated carbocycles. The Hall–Kier alpha value is -1.61. The first-order chi connectivity index (χ1) is 8.06. The zero-order chi connectivity index (χ0) is 12.4. The zero-order valence-corrected chi connectivity index (χ0v) is 10.8. The van der Waals surface area contributed by atoms with Crippen LogP contribution in [0.4, 0.5) is 11.5 Å². The lowest BCUT2D eigenvalue weighted by Gasteiger charge is -2.09. The third-order valence-corrected chi connectivity index (χ3v) is 2.94. The van der Waals surface area contributed by atoms with Gasteiger partial charge >= 0.3 is 0 Å². The van der Waals surface area contributed by atoms with Gasteiger partial charge in [-0.05, 0) is 44.5 Å². The van der Waals surface area contributed by atoms with Crippen molar-refractivity contribution in [2.75, 3.05) is 5.32 Å². The minimum absolute atomic E-state index is 0.754. The Morgan fingerprint density at radius 1 is 1.12 bits per heavy atom. The Morgan fingerprint density at radius 2 is 1.88 bits per heavy atom. The van der Waals surface area contributed by atoms with Crippen molar-refractivity contribution in [3.05, 3.63) is 46.4 Å². The first-order valence-electron chi connectivity index (χ1n) is 5.39. The quantitative estimate of drug-likeness (QED) is 0.877. The van der Waals surface area contributed by atoms with Gasteiger partial charge in [-0.3, -0.25) is 0 Å². The highest BCUT2D eigenvalue weighted by Gasteiger charge is 2.03. The fourth-order valence-corrected chi connectivity index (χ4v) is 1.63. The lowest BCUT2D eigenvalue weighted by Crippen LogP contribution is -1.99. The summed E-state index contributed by atoms with van der Waals surface area (Å²) in [5, 5.41) is 4.04. The predicted molar refractivity (Wildman–Crippen MR) is 71.0 cm³/mol. The second kappa shape index (κ2) is 4.72. The summed E-state index contributed by atoms with van der Waals surface area (Å²) in [7, 11) is 0. The van der Waals surface area contributed by atoms with Crippen molar-refractivity contribution in [2.24, 2.45) is 0 Å². The molecule has 4 heteroatoms. The van der Waals surface area contributed by atoms with Crippen molar-refractivity contribution in [1.82, 2.24) is 9.97 Å². The summed E-state index contributed by atoms with van der Waals surface area (Å²) in [6.45, 7) is 5.83. The van der Waals surface area contributed by atoms with Gasteiger partial charge in [-0.15, -0.1) is 0 Å². The van der Waals surface area contributed by atoms with Crippen molar-refractivity contribution >= 4 is 23.1 Å². The average molecular weight is 248 g/mol. The number of hydrogen-bond acceptors (Lipinski definition) is 3. The van der Waals surface area contributed by atoms with Crippen LogP contribution in [0.1, 0.15) is 17.0 Å². The Labute approximate surface area is 106 Å². The van der Waals surface area contributed by atoms with Crippen molar-refractivity contribution in [3.63, 3.8) is 0 Å². The molecule has 88 valence electrons. The molecular formula is C13H14ClN3. The Kier molecular flexibility index (Phi) is 3.29. The van der Waals surface area contributed by atoms with E-state index in [1.807, 2.05) is 45.2 Å². The van der Waals surface area contributed by atoms with Crippen molar-refractivity contribution in [3.8, 4) is 0 Å². The van der Waals surface area contributed by atoms with E-state index in [1.165, 1.54) is 0 Å². The number of rotatable bonds is 2. The molecule has 1 N–H and O–H groups in total. The molecule has 0 bridgehead atoms. The zero-order valence-electron chi connectivity index (χ0n) is 10.1. The molecule has 2 rings (SSSR count). The predicted octanol–water partition coefficient (Wildman–Crippen LogP) is 3.80. The second-order valence-corrected chi connectivity index (χ2v) is 4.44. The number of anilines is 2. The molecule has 0 unspecified atom stereocenters. The van der Waals surface area contributed by atoms with Gasteiger partial charge in [-0.25, -0.2) is 9.97 Å². The summed E-state index contributed by atoms with van der Waals surface area (Å²) in [5.74, 6) is 1.59. The summed E-state index contributed by atoms with van der Waals surface area (Å²) in [6.07, 6.45) is 1.81. The molecule has 1 heterocycles. The molecular weight excluding hydrogens is 234 g/mol. The molecule has 0 radical (unpaired) electrons. The van der Waals surface area contributed by atoms with Crippen LogP contribution in [-0.2, 0) is 0 Å². The van der Waals surface area contributed by atoms with Gasteiger partial charge in [-0.1, -0.05) is 11.6 Å². The van der Waals surface area contributed by atoms with Crippen LogP contribution in [-0.4, -0.2) is 9.97 Å². The molecule has 0 fully saturated rings. The summed E-state index contributed by atoms with van der Waals surface area (Å²) in [6, 6.07) is 5.81. The highest BCUT2D eigenvalue weighted by atomic mass is 35.5. The lowest BCUT2D eigenvalue weighted by molar-refractivity contribution is 1.04. The number of nitrogens with zero attached hydrogens (tertiary/aromatic N) is 2. The van der Waals surface area contributed by atoms with E-state index >= 15 is 0 Å². The number of aromatic nitrogens is 2. The first kappa shape index (κ1) is 11.9. The van der Waals surface area contributed by atoms with Crippen LogP contribution < -0.4 is 5.32 Å². The highest BCUT2D eigenvalue weighted by Crippen LogP contribution is 2.23. The second-order valence-electron chi connectivity index (χ2n) is 4.04. The van der Waals surface area contributed by atoms with Gasteiger partial charge in [0.15, 0.2) is 0 Å². The van der Waals surface area contributed by atoms with Crippen molar-refractivity contribution < 1.29 is 0 Å². The monoisotopic (exact) mass is 247 g/mol. The fourth-order valence-electron chi connectivity index (χ4n) is 1.52. The van der Waals surface area contributed by atoms with E-state index < -0.39 is 0 Å². The minimum atomic E-state index is 0.754. The van der Waals surface area contributed by atoms with E-state index in [4.69, 9.17) is 11.6 Å². The molecule has 1 aromatic carbocycles. The van der Waals surface area contributed by atoms with Crippen LogP contribution in [0.25, 0.3) is 0 Å². The molecule has 0 spiro atoms. The van der Waals surface area contributed by atoms with E-state index in [1.54, 1.807) is 0 Å². The van der Waals surface area contributed by atoms with Crippen LogP contribution in [0.2, 0.25) is 5.02 Å². The molecule has 0 aliphatic carbocycles. The summed E-state index contributed by atoms with van der Waals surface area (Å²) in [4.78, 5) is 8.51. The van der Waals surface area contributed by atoms with E-state index in [9.17, 15) is 0 Å². The standard InChI is InChI=1S/C13H14ClN3/c1-8-6-11(4-5-12(8)14)17-13-9(2)7-15-10(3)16-13/h4-7H,1-3H3,(H,15,16,17). The molecule has 0 aliphatic rings. The molecule has 3 nitrogen and oxygen atoms in total. The van der Waals surface area contributed by atoms with Crippen LogP contribution in [0, 0.1) is 20.8 Å². The third kappa shape index (κ3) is 2.74. The van der Waals surface area contributed by atoms with Crippen LogP contribution in [0.5, 0.6) is 0 Å². The van der Waals surface area contributed by atoms with E-state index in [2.05, 4.69) is 15.3 Å². The number of aryl methyl sites for hydroxylation is 3. The Morgan fingerprint density at radius 3 is 2.59 bits per heavy atom. The van der Waals surface area contributed by atoms with Crippen LogP contribution in [0.3, 0.4) is 0 Å². The number of nitrogens with one attached hydrogen (secondary N) is 1. The van der Waals surface area contributed by atoms with Gasteiger partial charge in [0.1, 0.15) is 11.6 Å². The maximum absolute atomic E-state index is 5.99. The minimum Gasteiger partial charge on any atom is -0.340 e. The Bertz CT molecular complexity index is 552. The van der Waals surface area contributed by atoms with Crippen molar-refractivity contribution in [2.45, 2.75) is 20.8 Å². The smallest absolute Gasteiger partial charge is 0.136 e. The number of benzene rings is 1. The van der Waals surface area contributed by atoms with E-state index in [-0.39, 0.29) is 0 Å². The van der Waals surface area contributed by atoms with Gasteiger partial charge in [0.2, 0.25) is 0 Å². The van der Waals surface area contributed by atoms with Crippen LogP contribution in [0.15, 0.2) is 24.4 Å². The maximum atomic E-state index is 5.99. The maximum Gasteiger partial charge on any atom is 0.136 e. The van der Waals surface area contributed by atoms with E-state index in [0.29, 0.717) is 0 Å². The van der Waals surface area contributed by atoms with Gasteiger partial charge in [0.05, 0.1) is 0 Å². The molecule has 1 aromatic heterocycles. The van der Waals surface area contributed by atoms with Crippen LogP contribution >= 0.6 is 11.6 Å². The number of halogens is 1. The highest BCUT2D eigenvalue weighted by molar-refractivity contribution is 6.31. The van der Waals surface area contributed by atoms with Gasteiger partial charge in [-0.2, -0.15) is 0 Å². The molecule has 17 heavy (non-hydrogen) atoms. The molecule has 0 amide bonds. The molecule has 0 aliphatic heterocycles. The van der Waals surface area contributed by atoms with Gasteiger partial charge < -0.3 is 5.32 Å². The fraction of sp³-hybridized carbons (Fsp3) is 0.231. The topological polar surface area (TPSA) is 37.8 Å². The van der Waals surface area contributed by atoms with Gasteiger partial charge in [0, 0.05) is 22.5 Å². The van der Waals surface area contributed by atoms with Crippen molar-refractivity contribution in [1.29, 1.82) is 0 Å². The molecule has 0 atom stereocenters. The lowest BCUT2D eigenvalue weighted by atomic mass is 10.2. The third-order valence-electron chi connectivity index (χ3n) is 2.51.